The monoisotopic (exact) mass is 580 g/mol. The lowest BCUT2D eigenvalue weighted by Gasteiger charge is -2.42. The van der Waals surface area contributed by atoms with Crippen LogP contribution in [0.1, 0.15) is 10.4 Å². The molecule has 41 heavy (non-hydrogen) atoms. The number of carbonyl (C=O) groups is 1. The van der Waals surface area contributed by atoms with Crippen molar-refractivity contribution in [2.75, 3.05) is 18.6 Å². The Morgan fingerprint density at radius 1 is 0.951 bits per heavy atom. The number of nitrogens with zero attached hydrogens (tertiary/aromatic N) is 3. The second-order valence-electron chi connectivity index (χ2n) is 8.95. The molecule has 1 saturated heterocycles. The molecule has 3 rings (SSSR count). The van der Waals surface area contributed by atoms with Crippen LogP contribution in [-0.4, -0.2) is 126 Å². The fraction of sp³-hybridized carbons (Fsp3) is 0.440. The largest absolute Gasteiger partial charge is 0.478 e. The van der Waals surface area contributed by atoms with Gasteiger partial charge in [0, 0.05) is 0 Å². The molecule has 1 aliphatic heterocycles. The Morgan fingerprint density at radius 3 is 2.24 bits per heavy atom. The van der Waals surface area contributed by atoms with Crippen LogP contribution < -0.4 is 5.43 Å². The average molecular weight is 581 g/mol. The SMILES string of the molecule is O=C(O)c1ccccc1N=N/C(=N/Nc1ccccc1)[C@H](O)[C@@H](O)[C@H](O[C@H]1O[C@H](CO)[C@@H](O)[C@H](O)[C@H]1O)[C@H](O)CO. The number of hydrazone groups is 1. The lowest BCUT2D eigenvalue weighted by atomic mass is 9.98. The van der Waals surface area contributed by atoms with Crippen molar-refractivity contribution < 1.29 is 60.2 Å². The highest BCUT2D eigenvalue weighted by atomic mass is 16.7. The first-order valence-corrected chi connectivity index (χ1v) is 12.3. The average Bonchev–Trinajstić information content (AvgIpc) is 2.99. The molecule has 0 unspecified atom stereocenters. The highest BCUT2D eigenvalue weighted by Gasteiger charge is 2.47. The van der Waals surface area contributed by atoms with Gasteiger partial charge in [-0.1, -0.05) is 30.3 Å². The number of rotatable bonds is 12. The number of para-hydroxylation sites is 1. The van der Waals surface area contributed by atoms with E-state index in [1.165, 1.54) is 24.3 Å². The van der Waals surface area contributed by atoms with E-state index < -0.39 is 80.1 Å². The molecule has 224 valence electrons. The first-order valence-electron chi connectivity index (χ1n) is 12.3. The summed E-state index contributed by atoms with van der Waals surface area (Å²) in [4.78, 5) is 11.5. The van der Waals surface area contributed by atoms with Gasteiger partial charge in [-0.15, -0.1) is 10.2 Å². The van der Waals surface area contributed by atoms with E-state index in [1.54, 1.807) is 30.3 Å². The third-order valence-electron chi connectivity index (χ3n) is 6.10. The van der Waals surface area contributed by atoms with Crippen molar-refractivity contribution in [1.29, 1.82) is 0 Å². The summed E-state index contributed by atoms with van der Waals surface area (Å²) in [6.45, 7) is -1.79. The zero-order valence-corrected chi connectivity index (χ0v) is 21.4. The first kappa shape index (κ1) is 32.1. The highest BCUT2D eigenvalue weighted by molar-refractivity contribution is 5.93. The van der Waals surface area contributed by atoms with Crippen molar-refractivity contribution >= 4 is 23.2 Å². The van der Waals surface area contributed by atoms with Gasteiger partial charge in [0.15, 0.2) is 6.29 Å². The van der Waals surface area contributed by atoms with Crippen LogP contribution in [0.2, 0.25) is 0 Å². The minimum atomic E-state index is -2.16. The van der Waals surface area contributed by atoms with Crippen LogP contribution in [-0.2, 0) is 9.47 Å². The number of hydrogen-bond acceptors (Lipinski definition) is 14. The van der Waals surface area contributed by atoms with Crippen molar-refractivity contribution in [1.82, 2.24) is 0 Å². The smallest absolute Gasteiger partial charge is 0.337 e. The normalized spacial score (nSPS) is 26.3. The van der Waals surface area contributed by atoms with E-state index in [0.717, 1.165) is 0 Å². The van der Waals surface area contributed by atoms with Crippen molar-refractivity contribution in [2.45, 2.75) is 55.1 Å². The van der Waals surface area contributed by atoms with Gasteiger partial charge in [-0.05, 0) is 24.3 Å². The van der Waals surface area contributed by atoms with Gasteiger partial charge in [0.2, 0.25) is 5.84 Å². The lowest BCUT2D eigenvalue weighted by molar-refractivity contribution is -0.326. The van der Waals surface area contributed by atoms with E-state index in [-0.39, 0.29) is 11.3 Å². The molecular weight excluding hydrogens is 548 g/mol. The van der Waals surface area contributed by atoms with Crippen LogP contribution in [0.3, 0.4) is 0 Å². The fourth-order valence-electron chi connectivity index (χ4n) is 3.80. The van der Waals surface area contributed by atoms with Gasteiger partial charge in [0.25, 0.3) is 0 Å². The quantitative estimate of drug-likeness (QED) is 0.0573. The maximum absolute atomic E-state index is 11.5. The van der Waals surface area contributed by atoms with Gasteiger partial charge < -0.3 is 55.4 Å². The topological polar surface area (TPSA) is 267 Å². The number of aliphatic hydroxyl groups is 8. The molecular formula is C25H32N4O12. The van der Waals surface area contributed by atoms with Gasteiger partial charge in [-0.2, -0.15) is 5.10 Å². The molecule has 1 aliphatic rings. The molecule has 0 saturated carbocycles. The molecule has 0 bridgehead atoms. The predicted octanol–water partition coefficient (Wildman–Crippen LogP) is -1.85. The number of amidine groups is 1. The van der Waals surface area contributed by atoms with E-state index >= 15 is 0 Å². The molecule has 0 aromatic heterocycles. The highest BCUT2D eigenvalue weighted by Crippen LogP contribution is 2.26. The number of benzene rings is 2. The summed E-state index contributed by atoms with van der Waals surface area (Å²) in [7, 11) is 0. The van der Waals surface area contributed by atoms with E-state index in [2.05, 4.69) is 20.8 Å². The van der Waals surface area contributed by atoms with E-state index in [9.17, 15) is 50.8 Å². The van der Waals surface area contributed by atoms with Crippen LogP contribution >= 0.6 is 0 Å². The van der Waals surface area contributed by atoms with Gasteiger partial charge in [-0.25, -0.2) is 4.79 Å². The summed E-state index contributed by atoms with van der Waals surface area (Å²) in [5.41, 5.74) is 2.68. The van der Waals surface area contributed by atoms with Crippen molar-refractivity contribution in [3.05, 3.63) is 60.2 Å². The number of anilines is 1. The Balaban J connectivity index is 1.92. The van der Waals surface area contributed by atoms with Gasteiger partial charge in [0.1, 0.15) is 54.5 Å². The molecule has 10 N–H and O–H groups in total. The number of carboxylic acids is 1. The van der Waals surface area contributed by atoms with E-state index in [0.29, 0.717) is 5.69 Å². The molecule has 16 nitrogen and oxygen atoms in total. The van der Waals surface area contributed by atoms with Gasteiger partial charge >= 0.3 is 5.97 Å². The van der Waals surface area contributed by atoms with Crippen LogP contribution in [0.15, 0.2) is 69.9 Å². The fourth-order valence-corrected chi connectivity index (χ4v) is 3.80. The van der Waals surface area contributed by atoms with Gasteiger partial charge in [0.05, 0.1) is 24.5 Å². The zero-order chi connectivity index (χ0) is 30.1. The summed E-state index contributed by atoms with van der Waals surface area (Å²) in [5.74, 6) is -1.92. The number of azo groups is 1. The Bertz CT molecular complexity index is 1180. The second-order valence-corrected chi connectivity index (χ2v) is 8.95. The number of carboxylic acid groups (broad SMARTS) is 1. The van der Waals surface area contributed by atoms with Crippen molar-refractivity contribution in [2.24, 2.45) is 15.3 Å². The molecule has 9 atom stereocenters. The molecule has 0 spiro atoms. The standard InChI is InChI=1S/C25H32N4O12/c30-10-15(32)22(41-25-21(37)18(34)17(33)16(11-31)40-25)19(35)20(36)23(28-26-12-6-2-1-3-7-12)29-27-14-9-5-4-8-13(14)24(38)39/h1-9,15-22,25-26,30-37H,10-11H2,(H,38,39)/b28-23+,29-27?/t15-,16-,17-,18+,19-,20-,21-,22-,25-/m1/s1. The first-order chi connectivity index (χ1) is 19.6. The Labute approximate surface area is 233 Å². The van der Waals surface area contributed by atoms with Crippen molar-refractivity contribution in [3.63, 3.8) is 0 Å². The predicted molar refractivity (Wildman–Crippen MR) is 139 cm³/mol. The minimum Gasteiger partial charge on any atom is -0.478 e. The summed E-state index contributed by atoms with van der Waals surface area (Å²) in [5, 5.41) is 103. The maximum Gasteiger partial charge on any atom is 0.337 e. The van der Waals surface area contributed by atoms with E-state index in [1.807, 2.05) is 0 Å². The molecule has 0 aliphatic carbocycles. The summed E-state index contributed by atoms with van der Waals surface area (Å²) in [6.07, 6.45) is -16.8. The summed E-state index contributed by atoms with van der Waals surface area (Å²) in [6, 6.07) is 13.9. The van der Waals surface area contributed by atoms with Crippen LogP contribution in [0.4, 0.5) is 11.4 Å². The summed E-state index contributed by atoms with van der Waals surface area (Å²) < 4.78 is 10.7. The third kappa shape index (κ3) is 8.08. The number of ether oxygens (including phenoxy) is 2. The lowest BCUT2D eigenvalue weighted by Crippen LogP contribution is -2.61. The summed E-state index contributed by atoms with van der Waals surface area (Å²) >= 11 is 0. The zero-order valence-electron chi connectivity index (χ0n) is 21.4. The maximum atomic E-state index is 11.5. The molecule has 0 amide bonds. The van der Waals surface area contributed by atoms with Crippen molar-refractivity contribution in [3.8, 4) is 0 Å². The number of nitrogens with one attached hydrogen (secondary N) is 1. The molecule has 2 aromatic rings. The molecule has 1 fully saturated rings. The second kappa shape index (κ2) is 15.0. The molecule has 0 radical (unpaired) electrons. The van der Waals surface area contributed by atoms with Crippen LogP contribution in [0, 0.1) is 0 Å². The number of aliphatic hydroxyl groups excluding tert-OH is 8. The molecule has 2 aromatic carbocycles. The van der Waals surface area contributed by atoms with Gasteiger partial charge in [-0.3, -0.25) is 5.43 Å². The Kier molecular flexibility index (Phi) is 11.7. The molecule has 1 heterocycles. The Hall–Kier alpha value is -3.42. The van der Waals surface area contributed by atoms with E-state index in [4.69, 9.17) is 9.47 Å². The van der Waals surface area contributed by atoms with Crippen LogP contribution in [0.25, 0.3) is 0 Å². The molecule has 16 heteroatoms. The number of hydrogen-bond donors (Lipinski definition) is 10. The Morgan fingerprint density at radius 2 is 1.61 bits per heavy atom. The number of aromatic carboxylic acids is 1. The van der Waals surface area contributed by atoms with Crippen LogP contribution in [0.5, 0.6) is 0 Å². The third-order valence-corrected chi connectivity index (χ3v) is 6.10. The minimum absolute atomic E-state index is 0.112.